The highest BCUT2D eigenvalue weighted by Crippen LogP contribution is 2.35. The van der Waals surface area contributed by atoms with Crippen LogP contribution in [0.15, 0.2) is 41.3 Å². The molecular formula is C16H14F2O5S. The van der Waals surface area contributed by atoms with Gasteiger partial charge in [-0.15, -0.1) is 0 Å². The average molecular weight is 356 g/mol. The smallest absolute Gasteiger partial charge is 0.297 e. The fourth-order valence-corrected chi connectivity index (χ4v) is 3.47. The first kappa shape index (κ1) is 16.7. The Morgan fingerprint density at radius 2 is 2.00 bits per heavy atom. The third-order valence-corrected chi connectivity index (χ3v) is 4.90. The van der Waals surface area contributed by atoms with E-state index < -0.39 is 27.9 Å². The molecule has 0 amide bonds. The SMILES string of the molecule is Cc1ccccc1S(=O)(=O)OCC1COc2c(F)cc(F)cc2O1. The first-order valence-electron chi connectivity index (χ1n) is 7.10. The van der Waals surface area contributed by atoms with Crippen LogP contribution in [0.2, 0.25) is 0 Å². The van der Waals surface area contributed by atoms with Gasteiger partial charge in [0.25, 0.3) is 10.1 Å². The van der Waals surface area contributed by atoms with Crippen LogP contribution in [0.3, 0.4) is 0 Å². The van der Waals surface area contributed by atoms with Crippen molar-refractivity contribution in [2.75, 3.05) is 13.2 Å². The molecule has 0 radical (unpaired) electrons. The second-order valence-corrected chi connectivity index (χ2v) is 6.85. The number of hydrogen-bond acceptors (Lipinski definition) is 5. The van der Waals surface area contributed by atoms with Crippen molar-refractivity contribution in [3.63, 3.8) is 0 Å². The van der Waals surface area contributed by atoms with Crippen LogP contribution in [0.4, 0.5) is 8.78 Å². The predicted octanol–water partition coefficient (Wildman–Crippen LogP) is 2.82. The van der Waals surface area contributed by atoms with Crippen molar-refractivity contribution in [2.24, 2.45) is 0 Å². The summed E-state index contributed by atoms with van der Waals surface area (Å²) in [4.78, 5) is 0.0548. The Balaban J connectivity index is 1.71. The van der Waals surface area contributed by atoms with Gasteiger partial charge in [-0.25, -0.2) is 8.78 Å². The minimum absolute atomic E-state index is 0.0548. The van der Waals surface area contributed by atoms with E-state index >= 15 is 0 Å². The molecule has 0 fully saturated rings. The highest BCUT2D eigenvalue weighted by molar-refractivity contribution is 7.86. The van der Waals surface area contributed by atoms with Crippen LogP contribution >= 0.6 is 0 Å². The maximum Gasteiger partial charge on any atom is 0.297 e. The second-order valence-electron chi connectivity index (χ2n) is 5.27. The van der Waals surface area contributed by atoms with Gasteiger partial charge in [0.2, 0.25) is 0 Å². The highest BCUT2D eigenvalue weighted by atomic mass is 32.2. The summed E-state index contributed by atoms with van der Waals surface area (Å²) in [5.41, 5.74) is 0.549. The zero-order chi connectivity index (χ0) is 17.3. The van der Waals surface area contributed by atoms with Crippen LogP contribution in [-0.4, -0.2) is 27.7 Å². The summed E-state index contributed by atoms with van der Waals surface area (Å²) in [7, 11) is -3.97. The number of fused-ring (bicyclic) bond motifs is 1. The minimum Gasteiger partial charge on any atom is -0.483 e. The number of halogens is 2. The minimum atomic E-state index is -3.97. The molecule has 24 heavy (non-hydrogen) atoms. The number of rotatable bonds is 4. The Morgan fingerprint density at radius 3 is 2.75 bits per heavy atom. The lowest BCUT2D eigenvalue weighted by Gasteiger charge is -2.26. The lowest BCUT2D eigenvalue weighted by Crippen LogP contribution is -2.34. The Bertz CT molecular complexity index is 867. The van der Waals surface area contributed by atoms with E-state index in [4.69, 9.17) is 13.7 Å². The van der Waals surface area contributed by atoms with Gasteiger partial charge in [0.1, 0.15) is 19.0 Å². The summed E-state index contributed by atoms with van der Waals surface area (Å²) < 4.78 is 66.7. The molecule has 2 aromatic carbocycles. The van der Waals surface area contributed by atoms with Crippen LogP contribution in [0.25, 0.3) is 0 Å². The Labute approximate surface area is 137 Å². The van der Waals surface area contributed by atoms with Crippen molar-refractivity contribution in [3.05, 3.63) is 53.6 Å². The van der Waals surface area contributed by atoms with E-state index in [2.05, 4.69) is 0 Å². The molecule has 5 nitrogen and oxygen atoms in total. The van der Waals surface area contributed by atoms with E-state index in [1.807, 2.05) is 0 Å². The Morgan fingerprint density at radius 1 is 1.25 bits per heavy atom. The average Bonchev–Trinajstić information content (AvgIpc) is 2.52. The topological polar surface area (TPSA) is 61.8 Å². The number of aryl methyl sites for hydroxylation is 1. The third-order valence-electron chi connectivity index (χ3n) is 3.45. The monoisotopic (exact) mass is 356 g/mol. The number of ether oxygens (including phenoxy) is 2. The van der Waals surface area contributed by atoms with E-state index in [1.54, 1.807) is 25.1 Å². The number of benzene rings is 2. The van der Waals surface area contributed by atoms with Crippen molar-refractivity contribution in [1.29, 1.82) is 0 Å². The first-order chi connectivity index (χ1) is 11.4. The van der Waals surface area contributed by atoms with Crippen LogP contribution in [0.5, 0.6) is 11.5 Å². The lowest BCUT2D eigenvalue weighted by molar-refractivity contribution is 0.0519. The molecule has 128 valence electrons. The molecule has 0 spiro atoms. The quantitative estimate of drug-likeness (QED) is 0.789. The molecule has 1 atom stereocenters. The fraction of sp³-hybridized carbons (Fsp3) is 0.250. The van der Waals surface area contributed by atoms with Gasteiger partial charge in [-0.3, -0.25) is 4.18 Å². The zero-order valence-electron chi connectivity index (χ0n) is 12.7. The van der Waals surface area contributed by atoms with Gasteiger partial charge in [0.15, 0.2) is 23.4 Å². The van der Waals surface area contributed by atoms with Crippen LogP contribution in [0.1, 0.15) is 5.56 Å². The molecule has 1 unspecified atom stereocenters. The molecule has 0 saturated heterocycles. The van der Waals surface area contributed by atoms with Gasteiger partial charge >= 0.3 is 0 Å². The molecular weight excluding hydrogens is 342 g/mol. The molecule has 0 aliphatic carbocycles. The summed E-state index contributed by atoms with van der Waals surface area (Å²) in [5.74, 6) is -2.02. The Kier molecular flexibility index (Phi) is 4.42. The zero-order valence-corrected chi connectivity index (χ0v) is 13.5. The first-order valence-corrected chi connectivity index (χ1v) is 8.51. The van der Waals surface area contributed by atoms with Gasteiger partial charge in [-0.05, 0) is 18.6 Å². The molecule has 0 bridgehead atoms. The van der Waals surface area contributed by atoms with Crippen molar-refractivity contribution < 1.29 is 30.9 Å². The largest absolute Gasteiger partial charge is 0.483 e. The Hall–Kier alpha value is -2.19. The molecule has 1 aliphatic heterocycles. The van der Waals surface area contributed by atoms with Crippen molar-refractivity contribution >= 4 is 10.1 Å². The van der Waals surface area contributed by atoms with Crippen LogP contribution < -0.4 is 9.47 Å². The van der Waals surface area contributed by atoms with E-state index in [0.717, 1.165) is 6.07 Å². The molecule has 2 aromatic rings. The van der Waals surface area contributed by atoms with Crippen LogP contribution in [-0.2, 0) is 14.3 Å². The standard InChI is InChI=1S/C16H14F2O5S/c1-10-4-2-3-5-15(10)24(19,20)22-9-12-8-21-16-13(18)6-11(17)7-14(16)23-12/h2-7,12H,8-9H2,1H3. The van der Waals surface area contributed by atoms with Crippen molar-refractivity contribution in [1.82, 2.24) is 0 Å². The van der Waals surface area contributed by atoms with E-state index in [0.29, 0.717) is 11.6 Å². The summed E-state index contributed by atoms with van der Waals surface area (Å²) in [6, 6.07) is 8.04. The summed E-state index contributed by atoms with van der Waals surface area (Å²) >= 11 is 0. The summed E-state index contributed by atoms with van der Waals surface area (Å²) in [5, 5.41) is 0. The maximum absolute atomic E-state index is 13.5. The van der Waals surface area contributed by atoms with Gasteiger partial charge in [0.05, 0.1) is 4.90 Å². The van der Waals surface area contributed by atoms with Gasteiger partial charge in [-0.1, -0.05) is 18.2 Å². The molecule has 0 saturated carbocycles. The third kappa shape index (κ3) is 3.34. The van der Waals surface area contributed by atoms with Crippen LogP contribution in [0, 0.1) is 18.6 Å². The molecule has 1 heterocycles. The summed E-state index contributed by atoms with van der Waals surface area (Å²) in [6.07, 6.45) is -0.808. The highest BCUT2D eigenvalue weighted by Gasteiger charge is 2.27. The van der Waals surface area contributed by atoms with Crippen molar-refractivity contribution in [2.45, 2.75) is 17.9 Å². The molecule has 3 rings (SSSR count). The van der Waals surface area contributed by atoms with Gasteiger partial charge in [-0.2, -0.15) is 8.42 Å². The molecule has 0 N–H and O–H groups in total. The van der Waals surface area contributed by atoms with Gasteiger partial charge in [0, 0.05) is 12.1 Å². The van der Waals surface area contributed by atoms with E-state index in [1.165, 1.54) is 6.07 Å². The van der Waals surface area contributed by atoms with Gasteiger partial charge < -0.3 is 9.47 Å². The molecule has 8 heteroatoms. The van der Waals surface area contributed by atoms with E-state index in [-0.39, 0.29) is 29.6 Å². The molecule has 1 aliphatic rings. The lowest BCUT2D eigenvalue weighted by atomic mass is 10.2. The second kappa shape index (κ2) is 6.37. The predicted molar refractivity (Wildman–Crippen MR) is 80.6 cm³/mol. The maximum atomic E-state index is 13.5. The van der Waals surface area contributed by atoms with Crippen molar-refractivity contribution in [3.8, 4) is 11.5 Å². The normalized spacial score (nSPS) is 16.9. The summed E-state index contributed by atoms with van der Waals surface area (Å²) in [6.45, 7) is 1.20. The molecule has 0 aromatic heterocycles. The number of hydrogen-bond donors (Lipinski definition) is 0. The fourth-order valence-electron chi connectivity index (χ4n) is 2.30. The van der Waals surface area contributed by atoms with E-state index in [9.17, 15) is 17.2 Å².